The average Bonchev–Trinajstić information content (AvgIpc) is 3.13. The highest BCUT2D eigenvalue weighted by Gasteiger charge is 2.11. The first kappa shape index (κ1) is 11.8. The Morgan fingerprint density at radius 1 is 1.14 bits per heavy atom. The van der Waals surface area contributed by atoms with Crippen molar-refractivity contribution in [3.05, 3.63) is 42.5 Å². The molecule has 0 bridgehead atoms. The monoisotopic (exact) mass is 281 g/mol. The van der Waals surface area contributed by atoms with Crippen molar-refractivity contribution in [1.82, 2.24) is 34.8 Å². The maximum Gasteiger partial charge on any atom is 0.240 e. The Labute approximate surface area is 119 Å². The SMILES string of the molecule is Cn1cc(COc2nn3cnnc3c3ccccc23)nn1. The van der Waals surface area contributed by atoms with Gasteiger partial charge in [-0.3, -0.25) is 4.68 Å². The normalized spacial score (nSPS) is 11.3. The van der Waals surface area contributed by atoms with E-state index in [-0.39, 0.29) is 0 Å². The third-order valence-corrected chi connectivity index (χ3v) is 3.13. The number of fused-ring (bicyclic) bond motifs is 3. The Hall–Kier alpha value is -3.03. The van der Waals surface area contributed by atoms with E-state index in [0.717, 1.165) is 16.5 Å². The van der Waals surface area contributed by atoms with Gasteiger partial charge < -0.3 is 4.74 Å². The third-order valence-electron chi connectivity index (χ3n) is 3.13. The molecule has 8 heteroatoms. The summed E-state index contributed by atoms with van der Waals surface area (Å²) < 4.78 is 9.03. The molecule has 3 heterocycles. The number of nitrogens with zero attached hydrogens (tertiary/aromatic N) is 7. The molecule has 0 radical (unpaired) electrons. The van der Waals surface area contributed by atoms with Crippen molar-refractivity contribution >= 4 is 16.4 Å². The molecule has 0 spiro atoms. The van der Waals surface area contributed by atoms with Crippen LogP contribution in [0.2, 0.25) is 0 Å². The van der Waals surface area contributed by atoms with Crippen LogP contribution < -0.4 is 4.74 Å². The summed E-state index contributed by atoms with van der Waals surface area (Å²) in [6.07, 6.45) is 3.36. The summed E-state index contributed by atoms with van der Waals surface area (Å²) in [6, 6.07) is 7.80. The van der Waals surface area contributed by atoms with Gasteiger partial charge in [0.05, 0.1) is 6.20 Å². The predicted molar refractivity (Wildman–Crippen MR) is 73.6 cm³/mol. The van der Waals surface area contributed by atoms with Crippen LogP contribution in [-0.2, 0) is 13.7 Å². The number of rotatable bonds is 3. The zero-order valence-corrected chi connectivity index (χ0v) is 11.2. The minimum Gasteiger partial charge on any atom is -0.470 e. The summed E-state index contributed by atoms with van der Waals surface area (Å²) in [6.45, 7) is 0.304. The molecular weight excluding hydrogens is 270 g/mol. The fourth-order valence-corrected chi connectivity index (χ4v) is 2.21. The molecule has 0 saturated heterocycles. The van der Waals surface area contributed by atoms with Crippen LogP contribution in [0.5, 0.6) is 5.88 Å². The Morgan fingerprint density at radius 3 is 2.81 bits per heavy atom. The largest absolute Gasteiger partial charge is 0.470 e. The van der Waals surface area contributed by atoms with Gasteiger partial charge in [-0.15, -0.1) is 20.4 Å². The molecule has 1 aromatic carbocycles. The Balaban J connectivity index is 1.78. The smallest absolute Gasteiger partial charge is 0.240 e. The van der Waals surface area contributed by atoms with Crippen LogP contribution in [0.25, 0.3) is 16.4 Å². The molecule has 0 unspecified atom stereocenters. The zero-order chi connectivity index (χ0) is 14.2. The van der Waals surface area contributed by atoms with Crippen molar-refractivity contribution in [3.63, 3.8) is 0 Å². The summed E-state index contributed by atoms with van der Waals surface area (Å²) in [5.74, 6) is 0.517. The average molecular weight is 281 g/mol. The van der Waals surface area contributed by atoms with E-state index in [1.165, 1.54) is 0 Å². The second kappa shape index (κ2) is 4.51. The highest BCUT2D eigenvalue weighted by Crippen LogP contribution is 2.25. The lowest BCUT2D eigenvalue weighted by Crippen LogP contribution is -2.02. The van der Waals surface area contributed by atoms with E-state index < -0.39 is 0 Å². The van der Waals surface area contributed by atoms with E-state index in [1.54, 1.807) is 21.7 Å². The van der Waals surface area contributed by atoms with Crippen LogP contribution in [0.1, 0.15) is 5.69 Å². The van der Waals surface area contributed by atoms with E-state index in [9.17, 15) is 0 Å². The van der Waals surface area contributed by atoms with Crippen LogP contribution in [0.4, 0.5) is 0 Å². The summed E-state index contributed by atoms with van der Waals surface area (Å²) in [5.41, 5.74) is 1.45. The van der Waals surface area contributed by atoms with Crippen LogP contribution in [0.15, 0.2) is 36.8 Å². The van der Waals surface area contributed by atoms with Gasteiger partial charge in [-0.2, -0.15) is 4.52 Å². The zero-order valence-electron chi connectivity index (χ0n) is 11.2. The minimum atomic E-state index is 0.304. The van der Waals surface area contributed by atoms with Crippen LogP contribution >= 0.6 is 0 Å². The van der Waals surface area contributed by atoms with Crippen molar-refractivity contribution in [1.29, 1.82) is 0 Å². The van der Waals surface area contributed by atoms with E-state index in [0.29, 0.717) is 18.1 Å². The first-order valence-corrected chi connectivity index (χ1v) is 6.38. The molecule has 3 aromatic heterocycles. The topological polar surface area (TPSA) is 83.0 Å². The van der Waals surface area contributed by atoms with Gasteiger partial charge in [-0.25, -0.2) is 0 Å². The molecule has 0 aliphatic rings. The summed E-state index contributed by atoms with van der Waals surface area (Å²) in [4.78, 5) is 0. The number of aromatic nitrogens is 7. The number of benzene rings is 1. The lowest BCUT2D eigenvalue weighted by Gasteiger charge is -2.07. The van der Waals surface area contributed by atoms with Gasteiger partial charge in [0.25, 0.3) is 0 Å². The Kier molecular flexibility index (Phi) is 2.53. The van der Waals surface area contributed by atoms with Crippen molar-refractivity contribution in [2.45, 2.75) is 6.61 Å². The lowest BCUT2D eigenvalue weighted by atomic mass is 10.2. The molecule has 0 saturated carbocycles. The quantitative estimate of drug-likeness (QED) is 0.557. The van der Waals surface area contributed by atoms with Crippen LogP contribution in [-0.4, -0.2) is 34.8 Å². The van der Waals surface area contributed by atoms with Crippen molar-refractivity contribution in [2.24, 2.45) is 7.05 Å². The summed E-state index contributed by atoms with van der Waals surface area (Å²) >= 11 is 0. The number of hydrogen-bond donors (Lipinski definition) is 0. The van der Waals surface area contributed by atoms with Gasteiger partial charge in [0.1, 0.15) is 18.6 Å². The fraction of sp³-hybridized carbons (Fsp3) is 0.154. The van der Waals surface area contributed by atoms with Gasteiger partial charge >= 0.3 is 0 Å². The standard InChI is InChI=1S/C13H11N7O/c1-19-6-9(15-18-19)7-21-13-11-5-3-2-4-10(11)12-16-14-8-20(12)17-13/h2-6,8H,7H2,1H3. The maximum atomic E-state index is 5.79. The van der Waals surface area contributed by atoms with Gasteiger partial charge in [-0.1, -0.05) is 23.4 Å². The van der Waals surface area contributed by atoms with E-state index >= 15 is 0 Å². The van der Waals surface area contributed by atoms with Crippen molar-refractivity contribution in [3.8, 4) is 5.88 Å². The number of ether oxygens (including phenoxy) is 1. The fourth-order valence-electron chi connectivity index (χ4n) is 2.21. The lowest BCUT2D eigenvalue weighted by molar-refractivity contribution is 0.289. The molecule has 104 valence electrons. The molecule has 0 aliphatic heterocycles. The highest BCUT2D eigenvalue weighted by molar-refractivity contribution is 5.96. The molecule has 0 atom stereocenters. The first-order chi connectivity index (χ1) is 10.3. The van der Waals surface area contributed by atoms with Gasteiger partial charge in [0.15, 0.2) is 5.65 Å². The first-order valence-electron chi connectivity index (χ1n) is 6.38. The van der Waals surface area contributed by atoms with Gasteiger partial charge in [-0.05, 0) is 6.07 Å². The van der Waals surface area contributed by atoms with Crippen LogP contribution in [0, 0.1) is 0 Å². The molecule has 0 aliphatic carbocycles. The Morgan fingerprint density at radius 2 is 2.00 bits per heavy atom. The van der Waals surface area contributed by atoms with E-state index in [2.05, 4.69) is 25.6 Å². The van der Waals surface area contributed by atoms with E-state index in [4.69, 9.17) is 4.74 Å². The maximum absolute atomic E-state index is 5.79. The second-order valence-electron chi connectivity index (χ2n) is 4.62. The summed E-state index contributed by atoms with van der Waals surface area (Å²) in [5, 5.41) is 22.1. The third kappa shape index (κ3) is 1.97. The number of aryl methyl sites for hydroxylation is 1. The molecule has 0 N–H and O–H groups in total. The minimum absolute atomic E-state index is 0.304. The number of hydrogen-bond acceptors (Lipinski definition) is 6. The van der Waals surface area contributed by atoms with Crippen molar-refractivity contribution < 1.29 is 4.74 Å². The van der Waals surface area contributed by atoms with Gasteiger partial charge in [0.2, 0.25) is 5.88 Å². The molecule has 21 heavy (non-hydrogen) atoms. The molecule has 8 nitrogen and oxygen atoms in total. The second-order valence-corrected chi connectivity index (χ2v) is 4.62. The molecule has 4 rings (SSSR count). The molecule has 0 amide bonds. The van der Waals surface area contributed by atoms with Gasteiger partial charge in [0, 0.05) is 17.8 Å². The Bertz CT molecular complexity index is 926. The van der Waals surface area contributed by atoms with E-state index in [1.807, 2.05) is 31.3 Å². The van der Waals surface area contributed by atoms with Crippen molar-refractivity contribution in [2.75, 3.05) is 0 Å². The van der Waals surface area contributed by atoms with Crippen LogP contribution in [0.3, 0.4) is 0 Å². The molecule has 4 aromatic rings. The summed E-state index contributed by atoms with van der Waals surface area (Å²) in [7, 11) is 1.81. The predicted octanol–water partition coefficient (Wildman–Crippen LogP) is 0.985. The molecular formula is C13H11N7O. The highest BCUT2D eigenvalue weighted by atomic mass is 16.5. The molecule has 0 fully saturated rings.